The Morgan fingerprint density at radius 1 is 1.40 bits per heavy atom. The zero-order valence-corrected chi connectivity index (χ0v) is 12.8. The molecule has 1 N–H and O–H groups in total. The first kappa shape index (κ1) is 15.0. The molecule has 0 aliphatic carbocycles. The molecular weight excluding hydrogens is 254 g/mol. The average molecular weight is 279 g/mol. The summed E-state index contributed by atoms with van der Waals surface area (Å²) in [6.45, 7) is 10.8. The summed E-state index contributed by atoms with van der Waals surface area (Å²) in [7, 11) is 0. The summed E-state index contributed by atoms with van der Waals surface area (Å²) in [6.07, 6.45) is 2.81. The highest BCUT2D eigenvalue weighted by Gasteiger charge is 2.27. The van der Waals surface area contributed by atoms with Crippen molar-refractivity contribution in [1.82, 2.24) is 25.2 Å². The first-order valence-electron chi connectivity index (χ1n) is 7.41. The van der Waals surface area contributed by atoms with Gasteiger partial charge >= 0.3 is 0 Å². The number of hydrogen-bond donors (Lipinski definition) is 1. The Kier molecular flexibility index (Phi) is 4.75. The van der Waals surface area contributed by atoms with Crippen molar-refractivity contribution in [2.24, 2.45) is 5.92 Å². The second-order valence-electron chi connectivity index (χ2n) is 6.23. The van der Waals surface area contributed by atoms with Crippen LogP contribution in [0.4, 0.5) is 0 Å². The summed E-state index contributed by atoms with van der Waals surface area (Å²) in [6, 6.07) is 0.636. The van der Waals surface area contributed by atoms with Gasteiger partial charge in [-0.25, -0.2) is 0 Å². The number of nitrogens with zero attached hydrogens (tertiary/aromatic N) is 4. The van der Waals surface area contributed by atoms with Crippen molar-refractivity contribution in [1.29, 1.82) is 0 Å². The SMILES string of the molecule is CC(C)CCn1cc(C(=O)N2CC(C)NC(C)C2)nn1. The monoisotopic (exact) mass is 279 g/mol. The lowest BCUT2D eigenvalue weighted by Gasteiger charge is -2.35. The largest absolute Gasteiger partial charge is 0.334 e. The van der Waals surface area contributed by atoms with Gasteiger partial charge in [-0.05, 0) is 26.2 Å². The van der Waals surface area contributed by atoms with Crippen LogP contribution in [0.2, 0.25) is 0 Å². The van der Waals surface area contributed by atoms with Gasteiger partial charge in [-0.3, -0.25) is 9.48 Å². The van der Waals surface area contributed by atoms with Crippen molar-refractivity contribution in [2.75, 3.05) is 13.1 Å². The van der Waals surface area contributed by atoms with Crippen LogP contribution in [-0.2, 0) is 6.54 Å². The number of hydrogen-bond acceptors (Lipinski definition) is 4. The lowest BCUT2D eigenvalue weighted by atomic mass is 10.1. The van der Waals surface area contributed by atoms with Gasteiger partial charge in [-0.15, -0.1) is 5.10 Å². The first-order valence-corrected chi connectivity index (χ1v) is 7.41. The lowest BCUT2D eigenvalue weighted by Crippen LogP contribution is -2.55. The minimum Gasteiger partial charge on any atom is -0.334 e. The molecule has 1 amide bonds. The van der Waals surface area contributed by atoms with Crippen LogP contribution in [0.25, 0.3) is 0 Å². The van der Waals surface area contributed by atoms with E-state index >= 15 is 0 Å². The van der Waals surface area contributed by atoms with Gasteiger partial charge in [0.2, 0.25) is 0 Å². The standard InChI is InChI=1S/C14H25N5O/c1-10(2)5-6-19-9-13(16-17-19)14(20)18-7-11(3)15-12(4)8-18/h9-12,15H,5-8H2,1-4H3. The van der Waals surface area contributed by atoms with Crippen LogP contribution in [0.5, 0.6) is 0 Å². The van der Waals surface area contributed by atoms with Gasteiger partial charge in [0.15, 0.2) is 5.69 Å². The Labute approximate surface area is 120 Å². The van der Waals surface area contributed by atoms with Crippen molar-refractivity contribution in [2.45, 2.75) is 52.7 Å². The number of aryl methyl sites for hydroxylation is 1. The van der Waals surface area contributed by atoms with Crippen molar-refractivity contribution in [3.05, 3.63) is 11.9 Å². The number of rotatable bonds is 4. The normalized spacial score (nSPS) is 23.4. The second kappa shape index (κ2) is 6.35. The predicted molar refractivity (Wildman–Crippen MR) is 77.4 cm³/mol. The Bertz CT molecular complexity index is 446. The van der Waals surface area contributed by atoms with Crippen LogP contribution in [0, 0.1) is 5.92 Å². The number of nitrogens with one attached hydrogen (secondary N) is 1. The summed E-state index contributed by atoms with van der Waals surface area (Å²) in [4.78, 5) is 14.3. The summed E-state index contributed by atoms with van der Waals surface area (Å²) in [5.74, 6) is 0.606. The van der Waals surface area contributed by atoms with E-state index in [0.717, 1.165) is 26.1 Å². The second-order valence-corrected chi connectivity index (χ2v) is 6.23. The van der Waals surface area contributed by atoms with E-state index in [1.807, 2.05) is 4.90 Å². The van der Waals surface area contributed by atoms with E-state index in [1.54, 1.807) is 10.9 Å². The molecule has 0 bridgehead atoms. The Balaban J connectivity index is 1.98. The van der Waals surface area contributed by atoms with Gasteiger partial charge in [0.25, 0.3) is 5.91 Å². The number of aromatic nitrogens is 3. The van der Waals surface area contributed by atoms with Crippen LogP contribution in [-0.4, -0.2) is 51.0 Å². The number of piperazine rings is 1. The maximum atomic E-state index is 12.4. The summed E-state index contributed by atoms with van der Waals surface area (Å²) in [5.41, 5.74) is 0.454. The van der Waals surface area contributed by atoms with E-state index < -0.39 is 0 Å². The van der Waals surface area contributed by atoms with E-state index in [9.17, 15) is 4.79 Å². The quantitative estimate of drug-likeness (QED) is 0.898. The average Bonchev–Trinajstić information content (AvgIpc) is 2.83. The van der Waals surface area contributed by atoms with Crippen LogP contribution in [0.3, 0.4) is 0 Å². The molecule has 2 atom stereocenters. The van der Waals surface area contributed by atoms with E-state index in [4.69, 9.17) is 0 Å². The number of carbonyl (C=O) groups excluding carboxylic acids is 1. The third-order valence-corrected chi connectivity index (χ3v) is 3.54. The van der Waals surface area contributed by atoms with E-state index in [2.05, 4.69) is 43.3 Å². The minimum atomic E-state index is -0.0130. The van der Waals surface area contributed by atoms with Gasteiger partial charge in [0.05, 0.1) is 6.20 Å². The Morgan fingerprint density at radius 3 is 2.65 bits per heavy atom. The smallest absolute Gasteiger partial charge is 0.276 e. The molecule has 2 rings (SSSR count). The highest BCUT2D eigenvalue weighted by molar-refractivity contribution is 5.92. The Hall–Kier alpha value is -1.43. The molecule has 6 nitrogen and oxygen atoms in total. The number of carbonyl (C=O) groups is 1. The van der Waals surface area contributed by atoms with E-state index in [1.165, 1.54) is 0 Å². The van der Waals surface area contributed by atoms with Crippen LogP contribution in [0.15, 0.2) is 6.20 Å². The molecule has 0 saturated carbocycles. The molecule has 6 heteroatoms. The maximum absolute atomic E-state index is 12.4. The fourth-order valence-corrected chi connectivity index (χ4v) is 2.55. The van der Waals surface area contributed by atoms with Crippen molar-refractivity contribution < 1.29 is 4.79 Å². The molecule has 112 valence electrons. The fraction of sp³-hybridized carbons (Fsp3) is 0.786. The maximum Gasteiger partial charge on any atom is 0.276 e. The van der Waals surface area contributed by atoms with Crippen LogP contribution >= 0.6 is 0 Å². The zero-order valence-electron chi connectivity index (χ0n) is 12.8. The molecule has 1 aromatic rings. The predicted octanol–water partition coefficient (Wildman–Crippen LogP) is 1.15. The molecule has 0 spiro atoms. The molecule has 1 fully saturated rings. The van der Waals surface area contributed by atoms with Gasteiger partial charge in [0, 0.05) is 31.7 Å². The molecule has 2 heterocycles. The highest BCUT2D eigenvalue weighted by atomic mass is 16.2. The van der Waals surface area contributed by atoms with Crippen LogP contribution < -0.4 is 5.32 Å². The van der Waals surface area contributed by atoms with Gasteiger partial charge in [0.1, 0.15) is 0 Å². The van der Waals surface area contributed by atoms with Crippen molar-refractivity contribution in [3.63, 3.8) is 0 Å². The van der Waals surface area contributed by atoms with Gasteiger partial charge in [-0.1, -0.05) is 19.1 Å². The third-order valence-electron chi connectivity index (χ3n) is 3.54. The van der Waals surface area contributed by atoms with E-state index in [-0.39, 0.29) is 5.91 Å². The first-order chi connectivity index (χ1) is 9.45. The van der Waals surface area contributed by atoms with Gasteiger partial charge in [-0.2, -0.15) is 0 Å². The molecule has 1 saturated heterocycles. The van der Waals surface area contributed by atoms with Crippen molar-refractivity contribution in [3.8, 4) is 0 Å². The Morgan fingerprint density at radius 2 is 2.05 bits per heavy atom. The summed E-state index contributed by atoms with van der Waals surface area (Å²) >= 11 is 0. The molecule has 1 aliphatic rings. The fourth-order valence-electron chi connectivity index (χ4n) is 2.55. The topological polar surface area (TPSA) is 63.1 Å². The zero-order chi connectivity index (χ0) is 14.7. The summed E-state index contributed by atoms with van der Waals surface area (Å²) in [5, 5.41) is 11.5. The van der Waals surface area contributed by atoms with Crippen molar-refractivity contribution >= 4 is 5.91 Å². The molecular formula is C14H25N5O. The molecule has 2 unspecified atom stereocenters. The molecule has 20 heavy (non-hydrogen) atoms. The van der Waals surface area contributed by atoms with Crippen LogP contribution in [0.1, 0.15) is 44.6 Å². The van der Waals surface area contributed by atoms with Gasteiger partial charge < -0.3 is 10.2 Å². The third kappa shape index (κ3) is 3.79. The molecule has 0 aromatic carbocycles. The summed E-state index contributed by atoms with van der Waals surface area (Å²) < 4.78 is 1.77. The lowest BCUT2D eigenvalue weighted by molar-refractivity contribution is 0.0667. The number of amides is 1. The highest BCUT2D eigenvalue weighted by Crippen LogP contribution is 2.09. The molecule has 0 radical (unpaired) electrons. The molecule has 1 aliphatic heterocycles. The molecule has 1 aromatic heterocycles. The minimum absolute atomic E-state index is 0.0130. The van der Waals surface area contributed by atoms with E-state index in [0.29, 0.717) is 23.7 Å².